The molecule has 0 saturated carbocycles. The van der Waals surface area contributed by atoms with Gasteiger partial charge in [0.1, 0.15) is 0 Å². The molecule has 1 aliphatic heterocycles. The third-order valence-electron chi connectivity index (χ3n) is 3.12. The predicted molar refractivity (Wildman–Crippen MR) is 75.6 cm³/mol. The number of ether oxygens (including phenoxy) is 1. The molecule has 2 atom stereocenters. The Balaban J connectivity index is 2.08. The first-order valence-corrected chi connectivity index (χ1v) is 6.95. The summed E-state index contributed by atoms with van der Waals surface area (Å²) in [5, 5.41) is 2.92. The fraction of sp³-hybridized carbons (Fsp3) is 0.500. The Morgan fingerprint density at radius 1 is 1.68 bits per heavy atom. The molecule has 1 amide bonds. The molecular formula is C12H17BrN4O2. The monoisotopic (exact) mass is 328 g/mol. The predicted octanol–water partition coefficient (Wildman–Crippen LogP) is 1.43. The molecule has 6 nitrogen and oxygen atoms in total. The first-order valence-electron chi connectivity index (χ1n) is 6.16. The van der Waals surface area contributed by atoms with E-state index in [4.69, 9.17) is 10.6 Å². The van der Waals surface area contributed by atoms with E-state index in [9.17, 15) is 4.79 Å². The molecule has 7 heteroatoms. The molecule has 0 aliphatic carbocycles. The fourth-order valence-electron chi connectivity index (χ4n) is 2.10. The number of nitrogens with one attached hydrogen (secondary N) is 2. The van der Waals surface area contributed by atoms with Crippen LogP contribution in [-0.2, 0) is 4.74 Å². The number of hydrogen-bond donors (Lipinski definition) is 3. The molecular weight excluding hydrogens is 312 g/mol. The molecule has 1 aliphatic rings. The number of carbonyl (C=O) groups excluding carboxylic acids is 1. The van der Waals surface area contributed by atoms with Crippen molar-refractivity contribution in [1.29, 1.82) is 0 Å². The van der Waals surface area contributed by atoms with Gasteiger partial charge in [-0.2, -0.15) is 0 Å². The third kappa shape index (κ3) is 3.43. The highest BCUT2D eigenvalue weighted by Gasteiger charge is 2.25. The van der Waals surface area contributed by atoms with Crippen LogP contribution in [0, 0.1) is 0 Å². The number of aromatic nitrogens is 1. The lowest BCUT2D eigenvalue weighted by atomic mass is 10.1. The maximum Gasteiger partial charge on any atom is 0.255 e. The van der Waals surface area contributed by atoms with Gasteiger partial charge in [-0.15, -0.1) is 0 Å². The largest absolute Gasteiger partial charge is 0.376 e. The Hall–Kier alpha value is -1.18. The van der Waals surface area contributed by atoms with Crippen LogP contribution in [0.1, 0.15) is 30.1 Å². The van der Waals surface area contributed by atoms with Gasteiger partial charge >= 0.3 is 0 Å². The van der Waals surface area contributed by atoms with E-state index >= 15 is 0 Å². The highest BCUT2D eigenvalue weighted by molar-refractivity contribution is 9.10. The highest BCUT2D eigenvalue weighted by Crippen LogP contribution is 2.19. The van der Waals surface area contributed by atoms with Crippen LogP contribution in [0.15, 0.2) is 16.7 Å². The average Bonchev–Trinajstić information content (AvgIpc) is 2.92. The second-order valence-corrected chi connectivity index (χ2v) is 5.42. The number of hydrazine groups is 1. The van der Waals surface area contributed by atoms with Crippen LogP contribution < -0.4 is 16.6 Å². The summed E-state index contributed by atoms with van der Waals surface area (Å²) in [5.74, 6) is 5.49. The molecule has 0 bridgehead atoms. The SMILES string of the molecule is CC(NC(=O)c1cc(Br)cnc1NN)C1CCCO1. The van der Waals surface area contributed by atoms with Gasteiger partial charge in [0.2, 0.25) is 0 Å². The molecule has 1 saturated heterocycles. The van der Waals surface area contributed by atoms with Gasteiger partial charge in [-0.3, -0.25) is 4.79 Å². The van der Waals surface area contributed by atoms with Gasteiger partial charge in [-0.05, 0) is 41.8 Å². The number of nitrogens with zero attached hydrogens (tertiary/aromatic N) is 1. The minimum absolute atomic E-state index is 0.0420. The number of carbonyl (C=O) groups is 1. The number of nitrogen functional groups attached to an aromatic ring is 1. The van der Waals surface area contributed by atoms with Crippen LogP contribution in [0.2, 0.25) is 0 Å². The number of amides is 1. The zero-order valence-electron chi connectivity index (χ0n) is 10.6. The zero-order valence-corrected chi connectivity index (χ0v) is 12.2. The van der Waals surface area contributed by atoms with E-state index in [2.05, 4.69) is 31.7 Å². The molecule has 19 heavy (non-hydrogen) atoms. The minimum atomic E-state index is -0.218. The number of halogens is 1. The molecule has 2 rings (SSSR count). The van der Waals surface area contributed by atoms with Gasteiger partial charge in [0.25, 0.3) is 5.91 Å². The van der Waals surface area contributed by atoms with E-state index in [1.165, 1.54) is 0 Å². The van der Waals surface area contributed by atoms with Crippen molar-refractivity contribution >= 4 is 27.7 Å². The Labute approximate surface area is 120 Å². The Morgan fingerprint density at radius 3 is 3.11 bits per heavy atom. The van der Waals surface area contributed by atoms with Crippen molar-refractivity contribution in [2.45, 2.75) is 31.9 Å². The Kier molecular flexibility index (Phi) is 4.73. The molecule has 0 aromatic carbocycles. The van der Waals surface area contributed by atoms with Crippen molar-refractivity contribution in [3.8, 4) is 0 Å². The van der Waals surface area contributed by atoms with Crippen LogP contribution in [0.5, 0.6) is 0 Å². The normalized spacial score (nSPS) is 20.1. The Bertz CT molecular complexity index is 463. The van der Waals surface area contributed by atoms with E-state index in [1.807, 2.05) is 6.92 Å². The fourth-order valence-corrected chi connectivity index (χ4v) is 2.43. The van der Waals surface area contributed by atoms with E-state index in [-0.39, 0.29) is 18.1 Å². The van der Waals surface area contributed by atoms with Gasteiger partial charge < -0.3 is 15.5 Å². The summed E-state index contributed by atoms with van der Waals surface area (Å²) >= 11 is 3.29. The molecule has 1 fully saturated rings. The van der Waals surface area contributed by atoms with E-state index in [1.54, 1.807) is 12.3 Å². The maximum absolute atomic E-state index is 12.2. The van der Waals surface area contributed by atoms with Crippen LogP contribution >= 0.6 is 15.9 Å². The van der Waals surface area contributed by atoms with Crippen molar-refractivity contribution < 1.29 is 9.53 Å². The van der Waals surface area contributed by atoms with Crippen molar-refractivity contribution in [2.75, 3.05) is 12.0 Å². The molecule has 1 aromatic heterocycles. The van der Waals surface area contributed by atoms with Gasteiger partial charge in [-0.1, -0.05) is 0 Å². The summed E-state index contributed by atoms with van der Waals surface area (Å²) < 4.78 is 6.28. The topological polar surface area (TPSA) is 89.3 Å². The summed E-state index contributed by atoms with van der Waals surface area (Å²) in [5.41, 5.74) is 2.83. The highest BCUT2D eigenvalue weighted by atomic mass is 79.9. The number of hydrogen-bond acceptors (Lipinski definition) is 5. The molecule has 0 radical (unpaired) electrons. The van der Waals surface area contributed by atoms with Gasteiger partial charge in [0.05, 0.1) is 17.7 Å². The average molecular weight is 329 g/mol. The van der Waals surface area contributed by atoms with Crippen LogP contribution in [0.4, 0.5) is 5.82 Å². The lowest BCUT2D eigenvalue weighted by Gasteiger charge is -2.20. The van der Waals surface area contributed by atoms with Gasteiger partial charge in [0, 0.05) is 17.3 Å². The first kappa shape index (κ1) is 14.2. The van der Waals surface area contributed by atoms with E-state index < -0.39 is 0 Å². The number of anilines is 1. The summed E-state index contributed by atoms with van der Waals surface area (Å²) in [6, 6.07) is 1.64. The smallest absolute Gasteiger partial charge is 0.255 e. The van der Waals surface area contributed by atoms with Gasteiger partial charge in [-0.25, -0.2) is 10.8 Å². The van der Waals surface area contributed by atoms with Gasteiger partial charge in [0.15, 0.2) is 5.82 Å². The number of pyridine rings is 1. The maximum atomic E-state index is 12.2. The lowest BCUT2D eigenvalue weighted by Crippen LogP contribution is -2.41. The van der Waals surface area contributed by atoms with Crippen LogP contribution in [-0.4, -0.2) is 29.6 Å². The first-order chi connectivity index (χ1) is 9.11. The quantitative estimate of drug-likeness (QED) is 0.574. The van der Waals surface area contributed by atoms with E-state index in [0.717, 1.165) is 23.9 Å². The molecule has 2 heterocycles. The number of rotatable bonds is 4. The Morgan fingerprint density at radius 2 is 2.47 bits per heavy atom. The molecule has 0 spiro atoms. The molecule has 4 N–H and O–H groups in total. The third-order valence-corrected chi connectivity index (χ3v) is 3.55. The van der Waals surface area contributed by atoms with E-state index in [0.29, 0.717) is 11.4 Å². The second kappa shape index (κ2) is 6.31. The summed E-state index contributed by atoms with van der Waals surface area (Å²) in [6.07, 6.45) is 3.67. The summed E-state index contributed by atoms with van der Waals surface area (Å²) in [6.45, 7) is 2.70. The second-order valence-electron chi connectivity index (χ2n) is 4.51. The van der Waals surface area contributed by atoms with Crippen molar-refractivity contribution in [3.05, 3.63) is 22.3 Å². The molecule has 104 valence electrons. The molecule has 1 aromatic rings. The minimum Gasteiger partial charge on any atom is -0.376 e. The van der Waals surface area contributed by atoms with Crippen molar-refractivity contribution in [3.63, 3.8) is 0 Å². The van der Waals surface area contributed by atoms with Crippen LogP contribution in [0.25, 0.3) is 0 Å². The van der Waals surface area contributed by atoms with Crippen LogP contribution in [0.3, 0.4) is 0 Å². The summed E-state index contributed by atoms with van der Waals surface area (Å²) in [4.78, 5) is 16.3. The molecule has 2 unspecified atom stereocenters. The zero-order chi connectivity index (χ0) is 13.8. The summed E-state index contributed by atoms with van der Waals surface area (Å²) in [7, 11) is 0. The number of nitrogens with two attached hydrogens (primary N) is 1. The van der Waals surface area contributed by atoms with Crippen molar-refractivity contribution in [1.82, 2.24) is 10.3 Å². The standard InChI is InChI=1S/C12H17BrN4O2/c1-7(10-3-2-4-19-10)16-12(18)9-5-8(13)6-15-11(9)17-14/h5-7,10H,2-4,14H2,1H3,(H,15,17)(H,16,18). The van der Waals surface area contributed by atoms with Crippen molar-refractivity contribution in [2.24, 2.45) is 5.84 Å². The lowest BCUT2D eigenvalue weighted by molar-refractivity contribution is 0.0712.